The molecule has 0 spiro atoms. The number of aryl methyl sites for hydroxylation is 1. The van der Waals surface area contributed by atoms with E-state index in [0.29, 0.717) is 31.6 Å². The number of anilines is 1. The molecule has 0 aliphatic carbocycles. The molecule has 6 heteroatoms. The Morgan fingerprint density at radius 2 is 1.78 bits per heavy atom. The molecule has 6 nitrogen and oxygen atoms in total. The lowest BCUT2D eigenvalue weighted by Gasteiger charge is -2.31. The zero-order valence-corrected chi connectivity index (χ0v) is 15.2. The molecule has 1 saturated heterocycles. The van der Waals surface area contributed by atoms with Gasteiger partial charge in [-0.05, 0) is 38.0 Å². The summed E-state index contributed by atoms with van der Waals surface area (Å²) in [5, 5.41) is 10.9. The summed E-state index contributed by atoms with van der Waals surface area (Å²) in [5.74, 6) is -0.132. The molecule has 2 N–H and O–H groups in total. The molecule has 1 aromatic heterocycles. The molecule has 1 fully saturated rings. The largest absolute Gasteiger partial charge is 0.337 e. The van der Waals surface area contributed by atoms with Crippen molar-refractivity contribution in [2.24, 2.45) is 5.92 Å². The van der Waals surface area contributed by atoms with Crippen LogP contribution in [0.5, 0.6) is 0 Å². The van der Waals surface area contributed by atoms with Gasteiger partial charge < -0.3 is 10.2 Å². The highest BCUT2D eigenvalue weighted by atomic mass is 16.2. The lowest BCUT2D eigenvalue weighted by atomic mass is 9.95. The fourth-order valence-electron chi connectivity index (χ4n) is 3.50. The third kappa shape index (κ3) is 3.56. The minimum Gasteiger partial charge on any atom is -0.337 e. The molecule has 2 aromatic carbocycles. The molecule has 138 valence electrons. The van der Waals surface area contributed by atoms with Gasteiger partial charge in [-0.25, -0.2) is 0 Å². The maximum Gasteiger partial charge on any atom is 0.274 e. The Hall–Kier alpha value is -3.15. The predicted molar refractivity (Wildman–Crippen MR) is 105 cm³/mol. The van der Waals surface area contributed by atoms with Crippen molar-refractivity contribution in [2.45, 2.75) is 19.8 Å². The monoisotopic (exact) mass is 362 g/mol. The molecule has 3 aromatic rings. The zero-order chi connectivity index (χ0) is 18.8. The number of aromatic amines is 1. The Morgan fingerprint density at radius 3 is 2.52 bits per heavy atom. The molecule has 0 saturated carbocycles. The van der Waals surface area contributed by atoms with Crippen molar-refractivity contribution in [2.75, 3.05) is 18.4 Å². The molecular weight excluding hydrogens is 340 g/mol. The Bertz CT molecular complexity index is 969. The molecule has 2 amide bonds. The van der Waals surface area contributed by atoms with Crippen LogP contribution in [0.3, 0.4) is 0 Å². The highest BCUT2D eigenvalue weighted by Gasteiger charge is 2.29. The van der Waals surface area contributed by atoms with E-state index in [4.69, 9.17) is 0 Å². The highest BCUT2D eigenvalue weighted by Crippen LogP contribution is 2.23. The van der Waals surface area contributed by atoms with E-state index < -0.39 is 0 Å². The number of aromatic nitrogens is 2. The first kappa shape index (κ1) is 17.3. The maximum absolute atomic E-state index is 12.8. The minimum absolute atomic E-state index is 0.0242. The van der Waals surface area contributed by atoms with E-state index in [1.165, 1.54) is 0 Å². The van der Waals surface area contributed by atoms with Crippen LogP contribution in [-0.4, -0.2) is 40.0 Å². The van der Waals surface area contributed by atoms with Crippen LogP contribution in [0.1, 0.15) is 28.9 Å². The number of hydrogen-bond acceptors (Lipinski definition) is 3. The first-order chi connectivity index (χ1) is 13.1. The fourth-order valence-corrected chi connectivity index (χ4v) is 3.50. The number of piperidine rings is 1. The van der Waals surface area contributed by atoms with Gasteiger partial charge in [-0.15, -0.1) is 0 Å². The van der Waals surface area contributed by atoms with E-state index in [9.17, 15) is 9.59 Å². The van der Waals surface area contributed by atoms with Crippen molar-refractivity contribution >= 4 is 28.4 Å². The van der Waals surface area contributed by atoms with Crippen LogP contribution >= 0.6 is 0 Å². The van der Waals surface area contributed by atoms with Crippen molar-refractivity contribution in [3.63, 3.8) is 0 Å². The van der Waals surface area contributed by atoms with E-state index in [2.05, 4.69) is 15.5 Å². The van der Waals surface area contributed by atoms with Gasteiger partial charge in [-0.2, -0.15) is 5.10 Å². The van der Waals surface area contributed by atoms with Gasteiger partial charge in [0, 0.05) is 30.1 Å². The van der Waals surface area contributed by atoms with Crippen molar-refractivity contribution in [1.29, 1.82) is 0 Å². The number of benzene rings is 2. The first-order valence-corrected chi connectivity index (χ1v) is 9.22. The number of hydrogen-bond donors (Lipinski definition) is 2. The van der Waals surface area contributed by atoms with Crippen LogP contribution in [0.15, 0.2) is 48.5 Å². The Morgan fingerprint density at radius 1 is 1.07 bits per heavy atom. The van der Waals surface area contributed by atoms with Crippen molar-refractivity contribution in [1.82, 2.24) is 15.1 Å². The quantitative estimate of drug-likeness (QED) is 0.750. The number of likely N-dealkylation sites (tertiary alicyclic amines) is 1. The average Bonchev–Trinajstić information content (AvgIpc) is 3.13. The third-order valence-electron chi connectivity index (χ3n) is 5.14. The van der Waals surface area contributed by atoms with Gasteiger partial charge in [0.2, 0.25) is 5.91 Å². The van der Waals surface area contributed by atoms with Crippen LogP contribution < -0.4 is 5.32 Å². The Kier molecular flexibility index (Phi) is 4.62. The summed E-state index contributed by atoms with van der Waals surface area (Å²) in [7, 11) is 0. The topological polar surface area (TPSA) is 78.1 Å². The summed E-state index contributed by atoms with van der Waals surface area (Å²) in [4.78, 5) is 27.1. The minimum atomic E-state index is -0.0788. The second-order valence-electron chi connectivity index (χ2n) is 7.04. The molecule has 2 heterocycles. The number of carbonyl (C=O) groups excluding carboxylic acids is 2. The van der Waals surface area contributed by atoms with E-state index in [0.717, 1.165) is 22.2 Å². The van der Waals surface area contributed by atoms with Gasteiger partial charge in [-0.3, -0.25) is 14.7 Å². The normalized spacial score (nSPS) is 15.1. The molecule has 1 aliphatic heterocycles. The summed E-state index contributed by atoms with van der Waals surface area (Å²) >= 11 is 0. The van der Waals surface area contributed by atoms with Gasteiger partial charge in [-0.1, -0.05) is 35.9 Å². The van der Waals surface area contributed by atoms with Crippen LogP contribution in [0, 0.1) is 12.8 Å². The van der Waals surface area contributed by atoms with Gasteiger partial charge >= 0.3 is 0 Å². The molecule has 0 unspecified atom stereocenters. The summed E-state index contributed by atoms with van der Waals surface area (Å²) in [5.41, 5.74) is 3.28. The molecule has 0 radical (unpaired) electrons. The van der Waals surface area contributed by atoms with Crippen LogP contribution in [-0.2, 0) is 4.79 Å². The number of amides is 2. The fraction of sp³-hybridized carbons (Fsp3) is 0.286. The van der Waals surface area contributed by atoms with Crippen LogP contribution in [0.25, 0.3) is 10.9 Å². The number of nitrogens with one attached hydrogen (secondary N) is 2. The lowest BCUT2D eigenvalue weighted by molar-refractivity contribution is -0.121. The Balaban J connectivity index is 1.37. The van der Waals surface area contributed by atoms with Gasteiger partial charge in [0.25, 0.3) is 5.91 Å². The number of rotatable bonds is 3. The van der Waals surface area contributed by atoms with Gasteiger partial charge in [0.15, 0.2) is 5.69 Å². The summed E-state index contributed by atoms with van der Waals surface area (Å²) in [6, 6.07) is 15.4. The lowest BCUT2D eigenvalue weighted by Crippen LogP contribution is -2.41. The van der Waals surface area contributed by atoms with Crippen molar-refractivity contribution < 1.29 is 9.59 Å². The second-order valence-corrected chi connectivity index (χ2v) is 7.04. The SMILES string of the molecule is Cc1ccc(NC(=O)C2CCN(C(=O)c3n[nH]c4ccccc34)CC2)cc1. The van der Waals surface area contributed by atoms with Crippen molar-refractivity contribution in [3.05, 3.63) is 59.8 Å². The van der Waals surface area contributed by atoms with Crippen LogP contribution in [0.4, 0.5) is 5.69 Å². The molecule has 27 heavy (non-hydrogen) atoms. The summed E-state index contributed by atoms with van der Waals surface area (Å²) in [6.45, 7) is 3.14. The molecule has 1 aliphatic rings. The second kappa shape index (κ2) is 7.23. The molecule has 0 bridgehead atoms. The zero-order valence-electron chi connectivity index (χ0n) is 15.2. The third-order valence-corrected chi connectivity index (χ3v) is 5.14. The maximum atomic E-state index is 12.8. The molecule has 0 atom stereocenters. The average molecular weight is 362 g/mol. The Labute approximate surface area is 157 Å². The highest BCUT2D eigenvalue weighted by molar-refractivity contribution is 6.04. The molecule has 4 rings (SSSR count). The van der Waals surface area contributed by atoms with E-state index >= 15 is 0 Å². The van der Waals surface area contributed by atoms with Gasteiger partial charge in [0.1, 0.15) is 0 Å². The number of H-pyrrole nitrogens is 1. The standard InChI is InChI=1S/C21H22N4O2/c1-14-6-8-16(9-7-14)22-20(26)15-10-12-25(13-11-15)21(27)19-17-4-2-3-5-18(17)23-24-19/h2-9,15H,10-13H2,1H3,(H,22,26)(H,23,24). The van der Waals surface area contributed by atoms with Crippen molar-refractivity contribution in [3.8, 4) is 0 Å². The van der Waals surface area contributed by atoms with Gasteiger partial charge in [0.05, 0.1) is 5.52 Å². The molecular formula is C21H22N4O2. The smallest absolute Gasteiger partial charge is 0.274 e. The van der Waals surface area contributed by atoms with Crippen LogP contribution in [0.2, 0.25) is 0 Å². The number of nitrogens with zero attached hydrogens (tertiary/aromatic N) is 2. The number of para-hydroxylation sites is 1. The number of carbonyl (C=O) groups is 2. The summed E-state index contributed by atoms with van der Waals surface area (Å²) < 4.78 is 0. The predicted octanol–water partition coefficient (Wildman–Crippen LogP) is 3.36. The van der Waals surface area contributed by atoms with E-state index in [1.54, 1.807) is 4.90 Å². The van der Waals surface area contributed by atoms with E-state index in [-0.39, 0.29) is 17.7 Å². The summed E-state index contributed by atoms with van der Waals surface area (Å²) in [6.07, 6.45) is 1.32. The van der Waals surface area contributed by atoms with E-state index in [1.807, 2.05) is 55.5 Å². The number of fused-ring (bicyclic) bond motifs is 1. The first-order valence-electron chi connectivity index (χ1n) is 9.22.